The monoisotopic (exact) mass is 468 g/mol. The van der Waals surface area contributed by atoms with Crippen LogP contribution in [-0.4, -0.2) is 43.6 Å². The van der Waals surface area contributed by atoms with Gasteiger partial charge in [0.1, 0.15) is 17.5 Å². The number of anilines is 1. The number of ether oxygens (including phenoxy) is 1. The molecule has 9 nitrogen and oxygen atoms in total. The van der Waals surface area contributed by atoms with Crippen LogP contribution in [0.4, 0.5) is 10.6 Å². The van der Waals surface area contributed by atoms with Gasteiger partial charge >= 0.3 is 6.09 Å². The van der Waals surface area contributed by atoms with Gasteiger partial charge in [-0.25, -0.2) is 14.5 Å². The average Bonchev–Trinajstić information content (AvgIpc) is 3.58. The van der Waals surface area contributed by atoms with Crippen molar-refractivity contribution in [2.45, 2.75) is 96.7 Å². The van der Waals surface area contributed by atoms with E-state index in [2.05, 4.69) is 25.9 Å². The predicted molar refractivity (Wildman–Crippen MR) is 129 cm³/mol. The molecule has 2 amide bonds. The number of pyridine rings is 1. The van der Waals surface area contributed by atoms with Gasteiger partial charge in [-0.05, 0) is 71.4 Å². The number of aromatic nitrogens is 4. The number of hydrogen-bond acceptors (Lipinski definition) is 6. The van der Waals surface area contributed by atoms with E-state index in [0.717, 1.165) is 68.3 Å². The van der Waals surface area contributed by atoms with Crippen molar-refractivity contribution in [2.75, 3.05) is 5.32 Å². The third-order valence-electron chi connectivity index (χ3n) is 6.37. The molecular weight excluding hydrogens is 432 g/mol. The molecule has 0 aliphatic heterocycles. The molecule has 4 rings (SSSR count). The highest BCUT2D eigenvalue weighted by molar-refractivity contribution is 5.96. The minimum atomic E-state index is -0.669. The van der Waals surface area contributed by atoms with Crippen LogP contribution in [0.3, 0.4) is 0 Å². The Morgan fingerprint density at radius 3 is 2.38 bits per heavy atom. The second-order valence-electron chi connectivity index (χ2n) is 10.5. The van der Waals surface area contributed by atoms with E-state index in [1.54, 1.807) is 12.3 Å². The summed E-state index contributed by atoms with van der Waals surface area (Å²) in [6, 6.07) is 3.45. The summed E-state index contributed by atoms with van der Waals surface area (Å²) in [6.07, 6.45) is 9.63. The largest absolute Gasteiger partial charge is 0.444 e. The Hall–Kier alpha value is -2.97. The summed E-state index contributed by atoms with van der Waals surface area (Å²) < 4.78 is 7.40. The quantitative estimate of drug-likeness (QED) is 0.590. The zero-order chi connectivity index (χ0) is 24.3. The third kappa shape index (κ3) is 6.12. The summed E-state index contributed by atoms with van der Waals surface area (Å²) >= 11 is 0. The van der Waals surface area contributed by atoms with Crippen molar-refractivity contribution in [1.29, 1.82) is 0 Å². The third-order valence-corrected chi connectivity index (χ3v) is 6.37. The van der Waals surface area contributed by atoms with Gasteiger partial charge in [-0.2, -0.15) is 0 Å². The van der Waals surface area contributed by atoms with Crippen LogP contribution in [0.15, 0.2) is 18.3 Å². The van der Waals surface area contributed by atoms with E-state index in [-0.39, 0.29) is 11.8 Å². The molecular formula is C25H36N6O3. The minimum absolute atomic E-state index is 0.0657. The van der Waals surface area contributed by atoms with E-state index >= 15 is 0 Å². The average molecular weight is 469 g/mol. The summed E-state index contributed by atoms with van der Waals surface area (Å²) in [5.41, 5.74) is 2.11. The molecule has 184 valence electrons. The molecule has 0 spiro atoms. The van der Waals surface area contributed by atoms with Gasteiger partial charge in [0.25, 0.3) is 0 Å². The lowest BCUT2D eigenvalue weighted by molar-refractivity contribution is -0.119. The topological polar surface area (TPSA) is 111 Å². The molecule has 0 saturated heterocycles. The molecule has 2 heterocycles. The highest BCUT2D eigenvalue weighted by Crippen LogP contribution is 2.38. The van der Waals surface area contributed by atoms with Crippen LogP contribution in [0.2, 0.25) is 0 Å². The second-order valence-corrected chi connectivity index (χ2v) is 10.5. The maximum atomic E-state index is 13.3. The fourth-order valence-corrected chi connectivity index (χ4v) is 4.58. The maximum absolute atomic E-state index is 13.3. The van der Waals surface area contributed by atoms with Crippen LogP contribution in [-0.2, 0) is 9.53 Å². The predicted octanol–water partition coefficient (Wildman–Crippen LogP) is 4.79. The first kappa shape index (κ1) is 24.2. The molecule has 34 heavy (non-hydrogen) atoms. The molecule has 9 heteroatoms. The van der Waals surface area contributed by atoms with Gasteiger partial charge < -0.3 is 15.4 Å². The molecule has 2 saturated carbocycles. The maximum Gasteiger partial charge on any atom is 0.408 e. The van der Waals surface area contributed by atoms with Crippen molar-refractivity contribution in [3.05, 3.63) is 24.0 Å². The zero-order valence-electron chi connectivity index (χ0n) is 20.6. The van der Waals surface area contributed by atoms with Crippen molar-refractivity contribution in [3.63, 3.8) is 0 Å². The van der Waals surface area contributed by atoms with Crippen LogP contribution < -0.4 is 10.6 Å². The Kier molecular flexibility index (Phi) is 7.19. The molecule has 2 aromatic heterocycles. The Balaban J connectivity index is 1.48. The van der Waals surface area contributed by atoms with Crippen molar-refractivity contribution >= 4 is 17.8 Å². The Morgan fingerprint density at radius 1 is 1.09 bits per heavy atom. The standard InChI is InChI=1S/C25H36N6O3/c1-16-22(31(30-29-16)19-12-13-19)18-11-14-20(26-15-18)27-23(32)21(17-9-7-5-6-8-10-17)28-24(33)34-25(2,3)4/h11,14-15,17,19,21H,5-10,12-13H2,1-4H3,(H,28,33)(H,26,27,32). The number of aryl methyl sites for hydroxylation is 1. The fourth-order valence-electron chi connectivity index (χ4n) is 4.58. The molecule has 2 N–H and O–H groups in total. The highest BCUT2D eigenvalue weighted by Gasteiger charge is 2.32. The van der Waals surface area contributed by atoms with Crippen molar-refractivity contribution in [3.8, 4) is 11.3 Å². The number of hydrogen-bond donors (Lipinski definition) is 2. The van der Waals surface area contributed by atoms with E-state index in [1.165, 1.54) is 0 Å². The van der Waals surface area contributed by atoms with Gasteiger partial charge in [0.05, 0.1) is 17.4 Å². The Bertz CT molecular complexity index is 999. The number of rotatable bonds is 6. The molecule has 0 bridgehead atoms. The van der Waals surface area contributed by atoms with Gasteiger partial charge in [-0.1, -0.05) is 30.9 Å². The summed E-state index contributed by atoms with van der Waals surface area (Å²) in [7, 11) is 0. The molecule has 0 aromatic carbocycles. The van der Waals surface area contributed by atoms with Gasteiger partial charge in [-0.15, -0.1) is 5.10 Å². The van der Waals surface area contributed by atoms with Crippen LogP contribution in [0, 0.1) is 12.8 Å². The molecule has 1 unspecified atom stereocenters. The van der Waals surface area contributed by atoms with Gasteiger partial charge in [-0.3, -0.25) is 4.79 Å². The fraction of sp³-hybridized carbons (Fsp3) is 0.640. The summed E-state index contributed by atoms with van der Waals surface area (Å²) in [5, 5.41) is 14.2. The van der Waals surface area contributed by atoms with Crippen molar-refractivity contribution < 1.29 is 14.3 Å². The Labute approximate surface area is 201 Å². The SMILES string of the molecule is Cc1nnn(C2CC2)c1-c1ccc(NC(=O)C(NC(=O)OC(C)(C)C)C2CCCCCC2)nc1. The van der Waals surface area contributed by atoms with E-state index < -0.39 is 17.7 Å². The van der Waals surface area contributed by atoms with Crippen molar-refractivity contribution in [1.82, 2.24) is 25.3 Å². The molecule has 2 aliphatic rings. The van der Waals surface area contributed by atoms with E-state index in [1.807, 2.05) is 38.4 Å². The number of amides is 2. The lowest BCUT2D eigenvalue weighted by Gasteiger charge is -2.28. The first-order valence-corrected chi connectivity index (χ1v) is 12.4. The Morgan fingerprint density at radius 2 is 1.79 bits per heavy atom. The van der Waals surface area contributed by atoms with Gasteiger partial charge in [0.2, 0.25) is 5.91 Å². The molecule has 0 radical (unpaired) electrons. The number of carbonyl (C=O) groups excluding carboxylic acids is 2. The van der Waals surface area contributed by atoms with E-state index in [0.29, 0.717) is 11.9 Å². The molecule has 2 aromatic rings. The molecule has 1 atom stereocenters. The second kappa shape index (κ2) is 10.1. The smallest absolute Gasteiger partial charge is 0.408 e. The van der Waals surface area contributed by atoms with Gasteiger partial charge in [0, 0.05) is 11.8 Å². The van der Waals surface area contributed by atoms with Crippen LogP contribution >= 0.6 is 0 Å². The van der Waals surface area contributed by atoms with Gasteiger partial charge in [0.15, 0.2) is 0 Å². The number of nitrogens with one attached hydrogen (secondary N) is 2. The summed E-state index contributed by atoms with van der Waals surface area (Å²) in [5.74, 6) is 0.247. The lowest BCUT2D eigenvalue weighted by atomic mass is 9.91. The summed E-state index contributed by atoms with van der Waals surface area (Å²) in [6.45, 7) is 7.37. The first-order valence-electron chi connectivity index (χ1n) is 12.4. The first-order chi connectivity index (χ1) is 16.2. The van der Waals surface area contributed by atoms with Crippen LogP contribution in [0.25, 0.3) is 11.3 Å². The molecule has 2 fully saturated rings. The lowest BCUT2D eigenvalue weighted by Crippen LogP contribution is -2.50. The van der Waals surface area contributed by atoms with E-state index in [9.17, 15) is 9.59 Å². The molecule has 2 aliphatic carbocycles. The number of carbonyl (C=O) groups is 2. The highest BCUT2D eigenvalue weighted by atomic mass is 16.6. The van der Waals surface area contributed by atoms with Crippen LogP contribution in [0.5, 0.6) is 0 Å². The number of alkyl carbamates (subject to hydrolysis) is 1. The van der Waals surface area contributed by atoms with E-state index in [4.69, 9.17) is 4.74 Å². The van der Waals surface area contributed by atoms with Crippen LogP contribution in [0.1, 0.15) is 83.9 Å². The van der Waals surface area contributed by atoms with Crippen molar-refractivity contribution in [2.24, 2.45) is 5.92 Å². The summed E-state index contributed by atoms with van der Waals surface area (Å²) in [4.78, 5) is 30.3. The normalized spacial score (nSPS) is 18.1. The minimum Gasteiger partial charge on any atom is -0.444 e. The number of nitrogens with zero attached hydrogens (tertiary/aromatic N) is 4. The zero-order valence-corrected chi connectivity index (χ0v) is 20.6.